The third-order valence-electron chi connectivity index (χ3n) is 7.04. The van der Waals surface area contributed by atoms with Crippen LogP contribution in [0.2, 0.25) is 0 Å². The first-order valence-corrected chi connectivity index (χ1v) is 10.3. The maximum atomic E-state index is 14.0. The molecule has 2 unspecified atom stereocenters. The van der Waals surface area contributed by atoms with Crippen LogP contribution in [0.1, 0.15) is 42.3 Å². The first-order chi connectivity index (χ1) is 14.7. The molecule has 0 saturated carbocycles. The van der Waals surface area contributed by atoms with Crippen molar-refractivity contribution in [3.8, 4) is 28.7 Å². The molecule has 3 atom stereocenters. The summed E-state index contributed by atoms with van der Waals surface area (Å²) < 4.78 is 29.7. The monoisotopic (exact) mass is 422 g/mol. The van der Waals surface area contributed by atoms with Gasteiger partial charge in [0.15, 0.2) is 22.9 Å². The van der Waals surface area contributed by atoms with Crippen molar-refractivity contribution in [2.75, 3.05) is 20.8 Å². The molecule has 0 bridgehead atoms. The number of hydrogen-bond donors (Lipinski definition) is 0. The third-order valence-corrected chi connectivity index (χ3v) is 7.04. The van der Waals surface area contributed by atoms with Crippen molar-refractivity contribution in [2.45, 2.75) is 44.3 Å². The van der Waals surface area contributed by atoms with E-state index in [1.54, 1.807) is 26.4 Å². The van der Waals surface area contributed by atoms with Gasteiger partial charge in [-0.3, -0.25) is 4.79 Å². The second kappa shape index (κ2) is 6.42. The van der Waals surface area contributed by atoms with Gasteiger partial charge in [0, 0.05) is 23.6 Å². The highest BCUT2D eigenvalue weighted by molar-refractivity contribution is 6.09. The van der Waals surface area contributed by atoms with Crippen molar-refractivity contribution in [3.05, 3.63) is 53.1 Å². The highest BCUT2D eigenvalue weighted by Crippen LogP contribution is 2.56. The van der Waals surface area contributed by atoms with E-state index >= 15 is 0 Å². The Morgan fingerprint density at radius 2 is 1.84 bits per heavy atom. The lowest BCUT2D eigenvalue weighted by Gasteiger charge is -2.51. The quantitative estimate of drug-likeness (QED) is 0.689. The number of benzene rings is 2. The first-order valence-electron chi connectivity index (χ1n) is 10.3. The van der Waals surface area contributed by atoms with Crippen molar-refractivity contribution >= 4 is 5.78 Å². The molecule has 6 nitrogen and oxygen atoms in total. The largest absolute Gasteiger partial charge is 0.493 e. The molecular weight excluding hydrogens is 396 g/mol. The van der Waals surface area contributed by atoms with Gasteiger partial charge < -0.3 is 23.7 Å². The number of rotatable bonds is 3. The van der Waals surface area contributed by atoms with Crippen LogP contribution >= 0.6 is 0 Å². The SMILES string of the molecule is C=C(C)[C@H]1Cc2c(ccc3c2OC2(C)COc4cc(OC)c(OC)cc4C2(C)C3=O)O1. The molecule has 0 fully saturated rings. The van der Waals surface area contributed by atoms with Crippen molar-refractivity contribution in [3.63, 3.8) is 0 Å². The summed E-state index contributed by atoms with van der Waals surface area (Å²) in [5, 5.41) is 0. The lowest BCUT2D eigenvalue weighted by atomic mass is 9.62. The van der Waals surface area contributed by atoms with E-state index in [0.29, 0.717) is 35.0 Å². The van der Waals surface area contributed by atoms with Crippen LogP contribution < -0.4 is 23.7 Å². The number of ether oxygens (including phenoxy) is 5. The summed E-state index contributed by atoms with van der Waals surface area (Å²) in [6.45, 7) is 10.0. The molecule has 2 aromatic carbocycles. The van der Waals surface area contributed by atoms with E-state index in [-0.39, 0.29) is 18.5 Å². The minimum absolute atomic E-state index is 0.00500. The van der Waals surface area contributed by atoms with E-state index in [4.69, 9.17) is 23.7 Å². The zero-order chi connectivity index (χ0) is 22.1. The molecule has 6 heteroatoms. The molecule has 0 saturated heterocycles. The number of carbonyl (C=O) groups excluding carboxylic acids is 1. The van der Waals surface area contributed by atoms with E-state index < -0.39 is 11.0 Å². The molecule has 0 radical (unpaired) electrons. The number of ketones is 1. The highest BCUT2D eigenvalue weighted by atomic mass is 16.6. The summed E-state index contributed by atoms with van der Waals surface area (Å²) in [4.78, 5) is 14.0. The average molecular weight is 422 g/mol. The maximum absolute atomic E-state index is 14.0. The third kappa shape index (κ3) is 2.47. The average Bonchev–Trinajstić information content (AvgIpc) is 3.20. The maximum Gasteiger partial charge on any atom is 0.181 e. The van der Waals surface area contributed by atoms with Gasteiger partial charge >= 0.3 is 0 Å². The van der Waals surface area contributed by atoms with Gasteiger partial charge in [-0.15, -0.1) is 0 Å². The summed E-state index contributed by atoms with van der Waals surface area (Å²) in [5.41, 5.74) is 1.28. The molecule has 0 aromatic heterocycles. The minimum Gasteiger partial charge on any atom is -0.493 e. The lowest BCUT2D eigenvalue weighted by molar-refractivity contribution is -0.0432. The van der Waals surface area contributed by atoms with Crippen LogP contribution in [-0.4, -0.2) is 38.3 Å². The second-order valence-electron chi connectivity index (χ2n) is 8.85. The summed E-state index contributed by atoms with van der Waals surface area (Å²) in [6.07, 6.45) is 0.525. The fraction of sp³-hybridized carbons (Fsp3) is 0.400. The van der Waals surface area contributed by atoms with Crippen LogP contribution in [0.5, 0.6) is 28.7 Å². The van der Waals surface area contributed by atoms with E-state index in [2.05, 4.69) is 6.58 Å². The Morgan fingerprint density at radius 3 is 2.52 bits per heavy atom. The molecule has 0 N–H and O–H groups in total. The smallest absolute Gasteiger partial charge is 0.181 e. The number of carbonyl (C=O) groups is 1. The predicted molar refractivity (Wildman–Crippen MR) is 115 cm³/mol. The van der Waals surface area contributed by atoms with Gasteiger partial charge in [-0.1, -0.05) is 6.58 Å². The van der Waals surface area contributed by atoms with Crippen LogP contribution in [-0.2, 0) is 11.8 Å². The molecular formula is C25H26O6. The van der Waals surface area contributed by atoms with Crippen molar-refractivity contribution in [1.29, 1.82) is 0 Å². The van der Waals surface area contributed by atoms with Gasteiger partial charge in [-0.05, 0) is 44.5 Å². The van der Waals surface area contributed by atoms with Gasteiger partial charge in [0.1, 0.15) is 35.4 Å². The molecule has 2 aromatic rings. The number of fused-ring (bicyclic) bond motifs is 6. The normalized spacial score (nSPS) is 27.5. The molecule has 0 aliphatic carbocycles. The molecule has 3 aliphatic heterocycles. The molecule has 31 heavy (non-hydrogen) atoms. The van der Waals surface area contributed by atoms with Crippen molar-refractivity contribution in [1.82, 2.24) is 0 Å². The van der Waals surface area contributed by atoms with E-state index in [9.17, 15) is 4.79 Å². The van der Waals surface area contributed by atoms with Crippen LogP contribution in [0, 0.1) is 0 Å². The van der Waals surface area contributed by atoms with Crippen LogP contribution in [0.25, 0.3) is 0 Å². The Hall–Kier alpha value is -3.15. The first kappa shape index (κ1) is 19.8. The second-order valence-corrected chi connectivity index (χ2v) is 8.85. The van der Waals surface area contributed by atoms with Gasteiger partial charge in [-0.2, -0.15) is 0 Å². The zero-order valence-electron chi connectivity index (χ0n) is 18.5. The molecule has 0 amide bonds. The summed E-state index contributed by atoms with van der Waals surface area (Å²) in [5.74, 6) is 3.04. The van der Waals surface area contributed by atoms with Crippen LogP contribution in [0.3, 0.4) is 0 Å². The van der Waals surface area contributed by atoms with Gasteiger partial charge in [0.25, 0.3) is 0 Å². The number of hydrogen-bond acceptors (Lipinski definition) is 6. The van der Waals surface area contributed by atoms with E-state index in [1.807, 2.05) is 32.9 Å². The fourth-order valence-electron chi connectivity index (χ4n) is 4.87. The fourth-order valence-corrected chi connectivity index (χ4v) is 4.87. The number of methoxy groups -OCH3 is 2. The molecule has 162 valence electrons. The minimum atomic E-state index is -0.964. The molecule has 0 spiro atoms. The summed E-state index contributed by atoms with van der Waals surface area (Å²) >= 11 is 0. The van der Waals surface area contributed by atoms with Crippen LogP contribution in [0.4, 0.5) is 0 Å². The Balaban J connectivity index is 1.68. The van der Waals surface area contributed by atoms with Crippen molar-refractivity contribution in [2.24, 2.45) is 0 Å². The Kier molecular flexibility index (Phi) is 4.10. The number of Topliss-reactive ketones (excluding diaryl/α,β-unsaturated/α-hetero) is 1. The highest BCUT2D eigenvalue weighted by Gasteiger charge is 2.61. The standard InChI is InChI=1S/C25H26O6/c1-13(2)18-9-15-17(30-18)8-7-14-22(15)31-24(3)12-29-19-11-21(28-6)20(27-5)10-16(19)25(24,4)23(14)26/h7-8,10-11,18H,1,9,12H2,2-6H3/t18-,24?,25?/m1/s1. The molecule has 5 rings (SSSR count). The zero-order valence-corrected chi connectivity index (χ0v) is 18.5. The topological polar surface area (TPSA) is 63.2 Å². The lowest BCUT2D eigenvalue weighted by Crippen LogP contribution is -2.64. The van der Waals surface area contributed by atoms with Crippen molar-refractivity contribution < 1.29 is 28.5 Å². The van der Waals surface area contributed by atoms with Gasteiger partial charge in [0.2, 0.25) is 0 Å². The van der Waals surface area contributed by atoms with E-state index in [0.717, 1.165) is 22.4 Å². The molecule has 3 aliphatic rings. The van der Waals surface area contributed by atoms with Crippen LogP contribution in [0.15, 0.2) is 36.4 Å². The molecule has 3 heterocycles. The Labute approximate surface area is 181 Å². The summed E-state index contributed by atoms with van der Waals surface area (Å²) in [7, 11) is 3.15. The Bertz CT molecular complexity index is 1140. The Morgan fingerprint density at radius 1 is 1.13 bits per heavy atom. The summed E-state index contributed by atoms with van der Waals surface area (Å²) in [6, 6.07) is 7.26. The van der Waals surface area contributed by atoms with Gasteiger partial charge in [-0.25, -0.2) is 0 Å². The predicted octanol–water partition coefficient (Wildman–Crippen LogP) is 4.27. The van der Waals surface area contributed by atoms with E-state index in [1.165, 1.54) is 0 Å². The van der Waals surface area contributed by atoms with Gasteiger partial charge in [0.05, 0.1) is 19.8 Å².